The van der Waals surface area contributed by atoms with Crippen LogP contribution in [0.1, 0.15) is 29.8 Å². The van der Waals surface area contributed by atoms with Gasteiger partial charge in [-0.15, -0.1) is 0 Å². The lowest BCUT2D eigenvalue weighted by Gasteiger charge is -2.25. The monoisotopic (exact) mass is 326 g/mol. The van der Waals surface area contributed by atoms with Crippen molar-refractivity contribution in [1.29, 1.82) is 0 Å². The molecule has 4 heteroatoms. The Bertz CT molecular complexity index is 856. The molecule has 0 spiro atoms. The largest absolute Gasteiger partial charge is 0.494 e. The summed E-state index contributed by atoms with van der Waals surface area (Å²) < 4.78 is 5.65. The Balaban J connectivity index is 1.85. The predicted molar refractivity (Wildman–Crippen MR) is 94.5 cm³/mol. The molecule has 4 rings (SSSR count). The molecule has 0 saturated heterocycles. The van der Waals surface area contributed by atoms with E-state index in [1.165, 1.54) is 16.6 Å². The van der Waals surface area contributed by atoms with E-state index >= 15 is 0 Å². The Morgan fingerprint density at radius 2 is 2.09 bits per heavy atom. The van der Waals surface area contributed by atoms with Crippen LogP contribution in [0.2, 0.25) is 5.02 Å². The van der Waals surface area contributed by atoms with Gasteiger partial charge in [0.25, 0.3) is 0 Å². The topological polar surface area (TPSA) is 37.0 Å². The third kappa shape index (κ3) is 2.50. The summed E-state index contributed by atoms with van der Waals surface area (Å²) in [6.07, 6.45) is 1.01. The molecule has 0 amide bonds. The first-order chi connectivity index (χ1) is 11.3. The number of ether oxygens (including phenoxy) is 1. The van der Waals surface area contributed by atoms with Crippen LogP contribution >= 0.6 is 11.6 Å². The maximum Gasteiger partial charge on any atom is 0.120 e. The number of hydrogen-bond donors (Lipinski definition) is 2. The molecule has 2 N–H and O–H groups in total. The van der Waals surface area contributed by atoms with E-state index in [4.69, 9.17) is 16.3 Å². The standard InChI is InChI=1S/C19H19ClN2O/c1-2-23-12-7-8-17-15(11-12)13-9-10-21-18(19(13)22-17)14-5-3-4-6-16(14)20/h3-8,11,18,21-22H,2,9-10H2,1H3. The molecule has 0 bridgehead atoms. The lowest BCUT2D eigenvalue weighted by molar-refractivity contribution is 0.340. The first-order valence-corrected chi connectivity index (χ1v) is 8.41. The quantitative estimate of drug-likeness (QED) is 0.746. The van der Waals surface area contributed by atoms with Gasteiger partial charge in [-0.2, -0.15) is 0 Å². The Kier molecular flexibility index (Phi) is 3.76. The zero-order valence-electron chi connectivity index (χ0n) is 13.0. The molecule has 3 nitrogen and oxygen atoms in total. The average Bonchev–Trinajstić information content (AvgIpc) is 2.94. The van der Waals surface area contributed by atoms with Gasteiger partial charge in [-0.05, 0) is 48.7 Å². The molecule has 23 heavy (non-hydrogen) atoms. The van der Waals surface area contributed by atoms with Crippen molar-refractivity contribution in [3.63, 3.8) is 0 Å². The van der Waals surface area contributed by atoms with Crippen LogP contribution in [0.4, 0.5) is 0 Å². The summed E-state index contributed by atoms with van der Waals surface area (Å²) in [5.41, 5.74) is 4.85. The van der Waals surface area contributed by atoms with E-state index in [2.05, 4.69) is 28.5 Å². The minimum atomic E-state index is 0.107. The fraction of sp³-hybridized carbons (Fsp3) is 0.263. The Morgan fingerprint density at radius 3 is 2.91 bits per heavy atom. The molecular formula is C19H19ClN2O. The van der Waals surface area contributed by atoms with Crippen molar-refractivity contribution in [3.8, 4) is 5.75 Å². The fourth-order valence-corrected chi connectivity index (χ4v) is 3.68. The number of fused-ring (bicyclic) bond motifs is 3. The van der Waals surface area contributed by atoms with Gasteiger partial charge in [0.2, 0.25) is 0 Å². The predicted octanol–water partition coefficient (Wildman–Crippen LogP) is 4.46. The molecule has 1 aliphatic heterocycles. The van der Waals surface area contributed by atoms with Crippen LogP contribution in [-0.4, -0.2) is 18.1 Å². The minimum Gasteiger partial charge on any atom is -0.494 e. The van der Waals surface area contributed by atoms with Crippen LogP contribution in [0.25, 0.3) is 10.9 Å². The molecule has 1 aromatic heterocycles. The Hall–Kier alpha value is -1.97. The van der Waals surface area contributed by atoms with Crippen LogP contribution < -0.4 is 10.1 Å². The zero-order valence-corrected chi connectivity index (χ0v) is 13.8. The van der Waals surface area contributed by atoms with Crippen molar-refractivity contribution in [2.75, 3.05) is 13.2 Å². The summed E-state index contributed by atoms with van der Waals surface area (Å²) in [6, 6.07) is 14.4. The molecule has 0 saturated carbocycles. The highest BCUT2D eigenvalue weighted by atomic mass is 35.5. The van der Waals surface area contributed by atoms with Crippen molar-refractivity contribution in [3.05, 3.63) is 64.3 Å². The average molecular weight is 327 g/mol. The third-order valence-corrected chi connectivity index (χ3v) is 4.79. The minimum absolute atomic E-state index is 0.107. The molecular weight excluding hydrogens is 308 g/mol. The second kappa shape index (κ2) is 5.91. The number of aromatic nitrogens is 1. The highest BCUT2D eigenvalue weighted by Gasteiger charge is 2.26. The van der Waals surface area contributed by atoms with Crippen molar-refractivity contribution in [2.45, 2.75) is 19.4 Å². The van der Waals surface area contributed by atoms with Crippen molar-refractivity contribution >= 4 is 22.5 Å². The Labute approximate surface area is 140 Å². The van der Waals surface area contributed by atoms with Gasteiger partial charge in [0.15, 0.2) is 0 Å². The van der Waals surface area contributed by atoms with Crippen LogP contribution in [0.5, 0.6) is 5.75 Å². The summed E-state index contributed by atoms with van der Waals surface area (Å²) in [7, 11) is 0. The van der Waals surface area contributed by atoms with Crippen molar-refractivity contribution in [1.82, 2.24) is 10.3 Å². The summed E-state index contributed by atoms with van der Waals surface area (Å²) in [4.78, 5) is 3.58. The number of nitrogens with one attached hydrogen (secondary N) is 2. The Morgan fingerprint density at radius 1 is 1.22 bits per heavy atom. The smallest absolute Gasteiger partial charge is 0.120 e. The molecule has 0 radical (unpaired) electrons. The number of H-pyrrole nitrogens is 1. The van der Waals surface area contributed by atoms with E-state index in [0.717, 1.165) is 34.8 Å². The molecule has 2 aromatic carbocycles. The highest BCUT2D eigenvalue weighted by molar-refractivity contribution is 6.31. The van der Waals surface area contributed by atoms with E-state index in [1.807, 2.05) is 31.2 Å². The van der Waals surface area contributed by atoms with Gasteiger partial charge in [0.05, 0.1) is 12.6 Å². The molecule has 0 aliphatic carbocycles. The summed E-state index contributed by atoms with van der Waals surface area (Å²) >= 11 is 6.42. The first kappa shape index (κ1) is 14.6. The molecule has 2 heterocycles. The molecule has 118 valence electrons. The van der Waals surface area contributed by atoms with Crippen LogP contribution in [0.15, 0.2) is 42.5 Å². The van der Waals surface area contributed by atoms with E-state index < -0.39 is 0 Å². The van der Waals surface area contributed by atoms with Crippen molar-refractivity contribution < 1.29 is 4.74 Å². The van der Waals surface area contributed by atoms with Crippen LogP contribution in [0, 0.1) is 0 Å². The molecule has 3 aromatic rings. The lowest BCUT2D eigenvalue weighted by Crippen LogP contribution is -2.30. The van der Waals surface area contributed by atoms with Gasteiger partial charge in [-0.1, -0.05) is 29.8 Å². The number of halogens is 1. The van der Waals surface area contributed by atoms with Gasteiger partial charge in [-0.3, -0.25) is 0 Å². The number of benzene rings is 2. The second-order valence-electron chi connectivity index (χ2n) is 5.82. The van der Waals surface area contributed by atoms with Gasteiger partial charge < -0.3 is 15.0 Å². The van der Waals surface area contributed by atoms with E-state index in [-0.39, 0.29) is 6.04 Å². The number of rotatable bonds is 3. The van der Waals surface area contributed by atoms with Crippen LogP contribution in [0.3, 0.4) is 0 Å². The van der Waals surface area contributed by atoms with E-state index in [9.17, 15) is 0 Å². The third-order valence-electron chi connectivity index (χ3n) is 4.45. The van der Waals surface area contributed by atoms with Crippen molar-refractivity contribution in [2.24, 2.45) is 0 Å². The maximum atomic E-state index is 6.42. The lowest BCUT2D eigenvalue weighted by atomic mass is 9.94. The number of hydrogen-bond acceptors (Lipinski definition) is 2. The molecule has 1 aliphatic rings. The SMILES string of the molecule is CCOc1ccc2[nH]c3c(c2c1)CCNC3c1ccccc1Cl. The summed E-state index contributed by atoms with van der Waals surface area (Å²) in [6.45, 7) is 3.63. The fourth-order valence-electron chi connectivity index (χ4n) is 3.44. The molecule has 1 atom stereocenters. The van der Waals surface area contributed by atoms with E-state index in [1.54, 1.807) is 0 Å². The van der Waals surface area contributed by atoms with Gasteiger partial charge in [0, 0.05) is 28.2 Å². The zero-order chi connectivity index (χ0) is 15.8. The van der Waals surface area contributed by atoms with Crippen LogP contribution in [-0.2, 0) is 6.42 Å². The highest BCUT2D eigenvalue weighted by Crippen LogP contribution is 2.36. The summed E-state index contributed by atoms with van der Waals surface area (Å²) in [5.74, 6) is 0.926. The number of aromatic amines is 1. The molecule has 1 unspecified atom stereocenters. The summed E-state index contributed by atoms with van der Waals surface area (Å²) in [5, 5.41) is 5.64. The first-order valence-electron chi connectivity index (χ1n) is 8.03. The van der Waals surface area contributed by atoms with Gasteiger partial charge in [-0.25, -0.2) is 0 Å². The van der Waals surface area contributed by atoms with Gasteiger partial charge in [0.1, 0.15) is 5.75 Å². The van der Waals surface area contributed by atoms with Gasteiger partial charge >= 0.3 is 0 Å². The second-order valence-corrected chi connectivity index (χ2v) is 6.22. The molecule has 0 fully saturated rings. The van der Waals surface area contributed by atoms with E-state index in [0.29, 0.717) is 6.61 Å². The normalized spacial score (nSPS) is 17.2. The maximum absolute atomic E-state index is 6.42.